The van der Waals surface area contributed by atoms with Crippen LogP contribution in [-0.2, 0) is 11.2 Å². The van der Waals surface area contributed by atoms with Crippen LogP contribution in [0.4, 0.5) is 5.69 Å². The van der Waals surface area contributed by atoms with E-state index in [2.05, 4.69) is 41.4 Å². The molecule has 1 aliphatic heterocycles. The molecule has 1 aromatic heterocycles. The van der Waals surface area contributed by atoms with Crippen molar-refractivity contribution in [1.82, 2.24) is 10.1 Å². The third-order valence-electron chi connectivity index (χ3n) is 4.70. The van der Waals surface area contributed by atoms with Gasteiger partial charge in [-0.15, -0.1) is 0 Å². The molecule has 0 atom stereocenters. The van der Waals surface area contributed by atoms with Gasteiger partial charge in [0.2, 0.25) is 17.6 Å². The van der Waals surface area contributed by atoms with Crippen LogP contribution in [0.3, 0.4) is 0 Å². The molecule has 0 saturated heterocycles. The van der Waals surface area contributed by atoms with Gasteiger partial charge in [0.25, 0.3) is 0 Å². The Labute approximate surface area is 169 Å². The topological polar surface area (TPSA) is 86.5 Å². The molecule has 4 rings (SSSR count). The summed E-state index contributed by atoms with van der Waals surface area (Å²) in [5.74, 6) is 2.63. The van der Waals surface area contributed by atoms with Crippen molar-refractivity contribution in [3.05, 3.63) is 53.9 Å². The molecule has 29 heavy (non-hydrogen) atoms. The molecule has 3 aromatic rings. The second-order valence-corrected chi connectivity index (χ2v) is 7.20. The molecule has 0 saturated carbocycles. The summed E-state index contributed by atoms with van der Waals surface area (Å²) < 4.78 is 16.3. The fourth-order valence-corrected chi connectivity index (χ4v) is 3.06. The molecule has 0 fully saturated rings. The number of ether oxygens (including phenoxy) is 2. The third-order valence-corrected chi connectivity index (χ3v) is 4.70. The van der Waals surface area contributed by atoms with Crippen molar-refractivity contribution < 1.29 is 18.8 Å². The first kappa shape index (κ1) is 19.0. The highest BCUT2D eigenvalue weighted by molar-refractivity contribution is 5.91. The third kappa shape index (κ3) is 4.56. The van der Waals surface area contributed by atoms with Gasteiger partial charge in [0.15, 0.2) is 11.5 Å². The summed E-state index contributed by atoms with van der Waals surface area (Å²) >= 11 is 0. The number of fused-ring (bicyclic) bond motifs is 1. The van der Waals surface area contributed by atoms with Crippen molar-refractivity contribution in [2.75, 3.05) is 18.5 Å². The van der Waals surface area contributed by atoms with E-state index in [0.717, 1.165) is 5.56 Å². The first-order valence-corrected chi connectivity index (χ1v) is 9.71. The van der Waals surface area contributed by atoms with Gasteiger partial charge < -0.3 is 19.3 Å². The molecule has 0 unspecified atom stereocenters. The Morgan fingerprint density at radius 1 is 1.07 bits per heavy atom. The van der Waals surface area contributed by atoms with Crippen LogP contribution in [0.5, 0.6) is 11.5 Å². The summed E-state index contributed by atoms with van der Waals surface area (Å²) in [5.41, 5.74) is 2.81. The normalized spacial score (nSPS) is 12.8. The van der Waals surface area contributed by atoms with Gasteiger partial charge in [-0.3, -0.25) is 4.79 Å². The number of carbonyl (C=O) groups excluding carboxylic acids is 1. The molecule has 1 amide bonds. The van der Waals surface area contributed by atoms with Crippen molar-refractivity contribution in [1.29, 1.82) is 0 Å². The average molecular weight is 393 g/mol. The Kier molecular flexibility index (Phi) is 5.46. The molecule has 7 heteroatoms. The standard InChI is InChI=1S/C22H23N3O4/c1-14(2)15-3-5-16(6-4-15)22-24-21(29-25-22)10-9-20(26)23-17-7-8-18-19(13-17)28-12-11-27-18/h3-8,13-14H,9-12H2,1-2H3,(H,23,26). The summed E-state index contributed by atoms with van der Waals surface area (Å²) in [4.78, 5) is 16.7. The first-order chi connectivity index (χ1) is 14.1. The lowest BCUT2D eigenvalue weighted by molar-refractivity contribution is -0.116. The van der Waals surface area contributed by atoms with Gasteiger partial charge in [0.05, 0.1) is 0 Å². The van der Waals surface area contributed by atoms with Crippen LogP contribution in [0.1, 0.15) is 37.6 Å². The lowest BCUT2D eigenvalue weighted by Gasteiger charge is -2.18. The maximum Gasteiger partial charge on any atom is 0.227 e. The summed E-state index contributed by atoms with van der Waals surface area (Å²) in [5, 5.41) is 6.88. The zero-order valence-corrected chi connectivity index (χ0v) is 16.5. The largest absolute Gasteiger partial charge is 0.486 e. The Balaban J connectivity index is 1.33. The van der Waals surface area contributed by atoms with Crippen LogP contribution in [-0.4, -0.2) is 29.3 Å². The van der Waals surface area contributed by atoms with Crippen molar-refractivity contribution in [3.63, 3.8) is 0 Å². The lowest BCUT2D eigenvalue weighted by atomic mass is 10.0. The molecule has 2 aromatic carbocycles. The molecule has 0 radical (unpaired) electrons. The highest BCUT2D eigenvalue weighted by Crippen LogP contribution is 2.32. The number of nitrogens with one attached hydrogen (secondary N) is 1. The Bertz CT molecular complexity index is 996. The number of hydrogen-bond acceptors (Lipinski definition) is 6. The number of hydrogen-bond donors (Lipinski definition) is 1. The highest BCUT2D eigenvalue weighted by atomic mass is 16.6. The molecule has 2 heterocycles. The average Bonchev–Trinajstić information content (AvgIpc) is 3.21. The van der Waals surface area contributed by atoms with Gasteiger partial charge in [0, 0.05) is 30.2 Å². The van der Waals surface area contributed by atoms with Gasteiger partial charge in [-0.1, -0.05) is 43.3 Å². The predicted octanol–water partition coefficient (Wildman–Crippen LogP) is 4.20. The Hall–Kier alpha value is -3.35. The summed E-state index contributed by atoms with van der Waals surface area (Å²) in [7, 11) is 0. The number of nitrogens with zero attached hydrogens (tertiary/aromatic N) is 2. The van der Waals surface area contributed by atoms with Crippen molar-refractivity contribution in [2.45, 2.75) is 32.6 Å². The molecule has 150 valence electrons. The van der Waals surface area contributed by atoms with Crippen LogP contribution < -0.4 is 14.8 Å². The van der Waals surface area contributed by atoms with E-state index < -0.39 is 0 Å². The number of carbonyl (C=O) groups is 1. The summed E-state index contributed by atoms with van der Waals surface area (Å²) in [6.07, 6.45) is 0.607. The number of anilines is 1. The minimum atomic E-state index is -0.136. The fourth-order valence-electron chi connectivity index (χ4n) is 3.06. The second-order valence-electron chi connectivity index (χ2n) is 7.20. The number of aryl methyl sites for hydroxylation is 1. The van der Waals surface area contributed by atoms with E-state index in [4.69, 9.17) is 14.0 Å². The van der Waals surface area contributed by atoms with E-state index in [1.807, 2.05) is 12.1 Å². The zero-order valence-electron chi connectivity index (χ0n) is 16.5. The maximum absolute atomic E-state index is 12.3. The SMILES string of the molecule is CC(C)c1ccc(-c2noc(CCC(=O)Nc3ccc4c(c3)OCCO4)n2)cc1. The molecule has 0 spiro atoms. The number of amides is 1. The first-order valence-electron chi connectivity index (χ1n) is 9.71. The van der Waals surface area contributed by atoms with Gasteiger partial charge in [-0.05, 0) is 23.6 Å². The smallest absolute Gasteiger partial charge is 0.227 e. The Morgan fingerprint density at radius 2 is 1.83 bits per heavy atom. The van der Waals surface area contributed by atoms with E-state index in [9.17, 15) is 4.79 Å². The molecule has 1 N–H and O–H groups in total. The van der Waals surface area contributed by atoms with Crippen LogP contribution in [0.25, 0.3) is 11.4 Å². The van der Waals surface area contributed by atoms with Crippen LogP contribution in [0, 0.1) is 0 Å². The minimum absolute atomic E-state index is 0.136. The molecular formula is C22H23N3O4. The van der Waals surface area contributed by atoms with Gasteiger partial charge in [-0.25, -0.2) is 0 Å². The Morgan fingerprint density at radius 3 is 2.59 bits per heavy atom. The maximum atomic E-state index is 12.3. The molecule has 0 aliphatic carbocycles. The fraction of sp³-hybridized carbons (Fsp3) is 0.318. The van der Waals surface area contributed by atoms with Gasteiger partial charge >= 0.3 is 0 Å². The van der Waals surface area contributed by atoms with Crippen LogP contribution in [0.15, 0.2) is 47.0 Å². The number of benzene rings is 2. The second kappa shape index (κ2) is 8.34. The van der Waals surface area contributed by atoms with Gasteiger partial charge in [0.1, 0.15) is 13.2 Å². The van der Waals surface area contributed by atoms with E-state index >= 15 is 0 Å². The van der Waals surface area contributed by atoms with Gasteiger partial charge in [-0.2, -0.15) is 4.98 Å². The molecule has 7 nitrogen and oxygen atoms in total. The van der Waals surface area contributed by atoms with Crippen LogP contribution in [0.2, 0.25) is 0 Å². The highest BCUT2D eigenvalue weighted by Gasteiger charge is 2.14. The predicted molar refractivity (Wildman–Crippen MR) is 108 cm³/mol. The quantitative estimate of drug-likeness (QED) is 0.675. The minimum Gasteiger partial charge on any atom is -0.486 e. The van der Waals surface area contributed by atoms with E-state index in [-0.39, 0.29) is 12.3 Å². The zero-order chi connectivity index (χ0) is 20.2. The van der Waals surface area contributed by atoms with Crippen molar-refractivity contribution in [2.24, 2.45) is 0 Å². The van der Waals surface area contributed by atoms with E-state index in [1.54, 1.807) is 18.2 Å². The number of aromatic nitrogens is 2. The molecule has 0 bridgehead atoms. The molecule has 1 aliphatic rings. The van der Waals surface area contributed by atoms with E-state index in [0.29, 0.717) is 54.5 Å². The van der Waals surface area contributed by atoms with Crippen molar-refractivity contribution in [3.8, 4) is 22.9 Å². The number of rotatable bonds is 6. The summed E-state index contributed by atoms with van der Waals surface area (Å²) in [6, 6.07) is 13.4. The summed E-state index contributed by atoms with van der Waals surface area (Å²) in [6.45, 7) is 5.34. The van der Waals surface area contributed by atoms with Crippen LogP contribution >= 0.6 is 0 Å². The van der Waals surface area contributed by atoms with E-state index in [1.165, 1.54) is 5.56 Å². The lowest BCUT2D eigenvalue weighted by Crippen LogP contribution is -2.16. The molecular weight excluding hydrogens is 370 g/mol. The van der Waals surface area contributed by atoms with Crippen molar-refractivity contribution >= 4 is 11.6 Å². The monoisotopic (exact) mass is 393 g/mol.